The molecule has 6 nitrogen and oxygen atoms in total. The summed E-state index contributed by atoms with van der Waals surface area (Å²) in [6, 6.07) is -0.332. The Labute approximate surface area is 148 Å². The molecule has 0 saturated carbocycles. The molecule has 0 spiro atoms. The highest BCUT2D eigenvalue weighted by Crippen LogP contribution is 2.32. The average Bonchev–Trinajstić information content (AvgIpc) is 2.60. The zero-order chi connectivity index (χ0) is 19.5. The normalized spacial score (nSPS) is 18.4. The number of aromatic amines is 1. The zero-order valence-corrected chi connectivity index (χ0v) is 14.4. The topological polar surface area (TPSA) is 102 Å². The summed E-state index contributed by atoms with van der Waals surface area (Å²) in [5.74, 6) is 0.331. The lowest BCUT2D eigenvalue weighted by Crippen LogP contribution is -2.31. The van der Waals surface area contributed by atoms with E-state index in [0.717, 1.165) is 12.2 Å². The van der Waals surface area contributed by atoms with Gasteiger partial charge in [-0.2, -0.15) is 13.2 Å². The number of aliphatic hydroxyl groups excluding tert-OH is 1. The molecular formula is C17H21F3N4O2. The maximum atomic E-state index is 12.7. The number of halogens is 3. The number of aliphatic hydroxyl groups is 1. The maximum Gasteiger partial charge on any atom is 0.416 e. The molecule has 1 heterocycles. The van der Waals surface area contributed by atoms with Crippen LogP contribution in [0.25, 0.3) is 0 Å². The number of rotatable bonds is 6. The molecule has 1 aromatic heterocycles. The molecule has 0 bridgehead atoms. The van der Waals surface area contributed by atoms with Crippen LogP contribution in [0.4, 0.5) is 19.0 Å². The molecule has 0 aliphatic heterocycles. The first-order chi connectivity index (χ1) is 12.2. The average molecular weight is 370 g/mol. The predicted molar refractivity (Wildman–Crippen MR) is 92.6 cm³/mol. The van der Waals surface area contributed by atoms with E-state index in [2.05, 4.69) is 15.3 Å². The predicted octanol–water partition coefficient (Wildman–Crippen LogP) is 2.56. The number of allylic oxidation sites excluding steroid dienone is 3. The summed E-state index contributed by atoms with van der Waals surface area (Å²) in [5, 5.41) is 20.0. The van der Waals surface area contributed by atoms with Gasteiger partial charge in [-0.15, -0.1) is 0 Å². The molecule has 0 amide bonds. The minimum atomic E-state index is -4.37. The Balaban J connectivity index is 2.24. The van der Waals surface area contributed by atoms with Gasteiger partial charge in [0.15, 0.2) is 0 Å². The van der Waals surface area contributed by atoms with Crippen molar-refractivity contribution in [2.75, 3.05) is 11.9 Å². The molecule has 0 fully saturated rings. The molecular weight excluding hydrogens is 349 g/mol. The van der Waals surface area contributed by atoms with E-state index in [9.17, 15) is 23.1 Å². The van der Waals surface area contributed by atoms with Crippen molar-refractivity contribution in [2.24, 2.45) is 5.92 Å². The Morgan fingerprint density at radius 3 is 2.73 bits per heavy atom. The third-order valence-corrected chi connectivity index (χ3v) is 4.23. The van der Waals surface area contributed by atoms with Gasteiger partial charge in [-0.3, -0.25) is 4.79 Å². The number of H-pyrrole nitrogens is 1. The van der Waals surface area contributed by atoms with Gasteiger partial charge in [-0.25, -0.2) is 4.98 Å². The van der Waals surface area contributed by atoms with Crippen molar-refractivity contribution >= 4 is 11.5 Å². The smallest absolute Gasteiger partial charge is 0.390 e. The molecule has 9 heteroatoms. The molecule has 1 aliphatic rings. The molecule has 0 saturated heterocycles. The molecule has 4 N–H and O–H groups in total. The third-order valence-electron chi connectivity index (χ3n) is 4.23. The first-order valence-corrected chi connectivity index (χ1v) is 8.21. The van der Waals surface area contributed by atoms with E-state index >= 15 is 0 Å². The van der Waals surface area contributed by atoms with Crippen LogP contribution in [-0.4, -0.2) is 39.6 Å². The molecule has 0 radical (unpaired) electrons. The first-order valence-electron chi connectivity index (χ1n) is 8.21. The van der Waals surface area contributed by atoms with E-state index in [-0.39, 0.29) is 35.5 Å². The second-order valence-electron chi connectivity index (χ2n) is 6.08. The van der Waals surface area contributed by atoms with Gasteiger partial charge >= 0.3 is 6.18 Å². The fraction of sp³-hybridized carbons (Fsp3) is 0.471. The first kappa shape index (κ1) is 19.9. The van der Waals surface area contributed by atoms with Crippen LogP contribution in [0.15, 0.2) is 28.6 Å². The van der Waals surface area contributed by atoms with Gasteiger partial charge in [0.05, 0.1) is 17.9 Å². The van der Waals surface area contributed by atoms with E-state index in [1.807, 2.05) is 0 Å². The number of aromatic nitrogens is 2. The highest BCUT2D eigenvalue weighted by atomic mass is 19.4. The van der Waals surface area contributed by atoms with Gasteiger partial charge in [0.1, 0.15) is 17.2 Å². The Kier molecular flexibility index (Phi) is 6.01. The molecule has 2 rings (SSSR count). The standard InChI is InChI=1S/C17H21F3N4O2/c1-3-13-23-15(14(12(21)8-25)16(26)24-13)22-9(2)10-4-6-11(7-5-10)17(18,19)20/h4,6-7,9-10,21,25H,3,5,8H2,1-2H3,(H2,22,23,24,26). The highest BCUT2D eigenvalue weighted by molar-refractivity contribution is 6.02. The summed E-state index contributed by atoms with van der Waals surface area (Å²) in [5.41, 5.74) is -1.56. The number of hydrogen-bond acceptors (Lipinski definition) is 5. The molecule has 1 aromatic rings. The molecule has 2 atom stereocenters. The van der Waals surface area contributed by atoms with Crippen LogP contribution in [0.1, 0.15) is 31.7 Å². The van der Waals surface area contributed by atoms with Crippen LogP contribution < -0.4 is 10.9 Å². The highest BCUT2D eigenvalue weighted by Gasteiger charge is 2.33. The van der Waals surface area contributed by atoms with E-state index < -0.39 is 23.9 Å². The Morgan fingerprint density at radius 1 is 1.54 bits per heavy atom. The second kappa shape index (κ2) is 7.86. The second-order valence-corrected chi connectivity index (χ2v) is 6.08. The number of hydrogen-bond donors (Lipinski definition) is 4. The molecule has 142 valence electrons. The van der Waals surface area contributed by atoms with E-state index in [1.165, 1.54) is 6.08 Å². The number of anilines is 1. The SMILES string of the molecule is CCc1nc(NC(C)C2C=CC(C(F)(F)F)=CC2)c(C(=N)CO)c(=O)[nH]1. The molecule has 0 aromatic carbocycles. The lowest BCUT2D eigenvalue weighted by atomic mass is 9.90. The van der Waals surface area contributed by atoms with Crippen molar-refractivity contribution in [3.63, 3.8) is 0 Å². The van der Waals surface area contributed by atoms with Gasteiger partial charge in [0, 0.05) is 18.4 Å². The van der Waals surface area contributed by atoms with Crippen molar-refractivity contribution in [3.8, 4) is 0 Å². The summed E-state index contributed by atoms with van der Waals surface area (Å²) >= 11 is 0. The lowest BCUT2D eigenvalue weighted by Gasteiger charge is -2.25. The van der Waals surface area contributed by atoms with Crippen molar-refractivity contribution in [2.45, 2.75) is 38.9 Å². The van der Waals surface area contributed by atoms with Crippen molar-refractivity contribution < 1.29 is 18.3 Å². The largest absolute Gasteiger partial charge is 0.416 e. The minimum absolute atomic E-state index is 0.0668. The van der Waals surface area contributed by atoms with Crippen LogP contribution in [0.3, 0.4) is 0 Å². The third kappa shape index (κ3) is 4.40. The van der Waals surface area contributed by atoms with Crippen LogP contribution >= 0.6 is 0 Å². The number of alkyl halides is 3. The van der Waals surface area contributed by atoms with Crippen LogP contribution in [0.2, 0.25) is 0 Å². The van der Waals surface area contributed by atoms with Gasteiger partial charge in [0.25, 0.3) is 5.56 Å². The summed E-state index contributed by atoms with van der Waals surface area (Å²) in [6.07, 6.45) is -0.0483. The van der Waals surface area contributed by atoms with Crippen LogP contribution in [-0.2, 0) is 6.42 Å². The quantitative estimate of drug-likeness (QED) is 0.578. The van der Waals surface area contributed by atoms with Crippen molar-refractivity contribution in [3.05, 3.63) is 45.5 Å². The summed E-state index contributed by atoms with van der Waals surface area (Å²) < 4.78 is 38.1. The fourth-order valence-corrected chi connectivity index (χ4v) is 2.69. The van der Waals surface area contributed by atoms with Gasteiger partial charge in [0.2, 0.25) is 0 Å². The molecule has 26 heavy (non-hydrogen) atoms. The minimum Gasteiger partial charge on any atom is -0.390 e. The Morgan fingerprint density at radius 2 is 2.23 bits per heavy atom. The van der Waals surface area contributed by atoms with E-state index in [1.54, 1.807) is 13.8 Å². The zero-order valence-electron chi connectivity index (χ0n) is 14.4. The monoisotopic (exact) mass is 370 g/mol. The molecule has 1 aliphatic carbocycles. The Hall–Kier alpha value is -2.42. The van der Waals surface area contributed by atoms with Crippen LogP contribution in [0.5, 0.6) is 0 Å². The maximum absolute atomic E-state index is 12.7. The summed E-state index contributed by atoms with van der Waals surface area (Å²) in [7, 11) is 0. The van der Waals surface area contributed by atoms with Gasteiger partial charge < -0.3 is 20.8 Å². The van der Waals surface area contributed by atoms with Crippen molar-refractivity contribution in [1.82, 2.24) is 9.97 Å². The van der Waals surface area contributed by atoms with E-state index in [4.69, 9.17) is 5.41 Å². The summed E-state index contributed by atoms with van der Waals surface area (Å²) in [6.45, 7) is 2.94. The van der Waals surface area contributed by atoms with Crippen molar-refractivity contribution in [1.29, 1.82) is 5.41 Å². The lowest BCUT2D eigenvalue weighted by molar-refractivity contribution is -0.0887. The van der Waals surface area contributed by atoms with Gasteiger partial charge in [-0.05, 0) is 13.3 Å². The summed E-state index contributed by atoms with van der Waals surface area (Å²) in [4.78, 5) is 19.0. The van der Waals surface area contributed by atoms with Gasteiger partial charge in [-0.1, -0.05) is 25.2 Å². The number of nitrogens with one attached hydrogen (secondary N) is 3. The van der Waals surface area contributed by atoms with Crippen LogP contribution in [0, 0.1) is 11.3 Å². The number of aryl methyl sites for hydroxylation is 1. The fourth-order valence-electron chi connectivity index (χ4n) is 2.69. The number of nitrogens with zero attached hydrogens (tertiary/aromatic N) is 1. The van der Waals surface area contributed by atoms with E-state index in [0.29, 0.717) is 12.2 Å². The molecule has 2 unspecified atom stereocenters. The Bertz CT molecular complexity index is 796.